The Labute approximate surface area is 202 Å². The van der Waals surface area contributed by atoms with Gasteiger partial charge in [0, 0.05) is 31.7 Å². The predicted molar refractivity (Wildman–Crippen MR) is 129 cm³/mol. The number of benzene rings is 1. The Bertz CT molecular complexity index is 924. The summed E-state index contributed by atoms with van der Waals surface area (Å²) in [4.78, 5) is 41.6. The van der Waals surface area contributed by atoms with Crippen LogP contribution in [-0.4, -0.2) is 65.0 Å². The highest BCUT2D eigenvalue weighted by molar-refractivity contribution is 5.90. The standard InChI is InChI=1S/C26H36N4O4/c1-5-18-8-10-19(11-9-18)17-28-23(31)21-7-6-14-30(21)24(32)22(27)20-12-15-29(16-13-20)25(33)34-26(2,3)4/h1,8-11,20-22H,6-7,12-17,27H2,2-4H3,(H,28,31). The van der Waals surface area contributed by atoms with Gasteiger partial charge in [-0.2, -0.15) is 0 Å². The number of carbonyl (C=O) groups excluding carboxylic acids is 3. The first-order chi connectivity index (χ1) is 16.1. The predicted octanol–water partition coefficient (Wildman–Crippen LogP) is 2.25. The second kappa shape index (κ2) is 10.9. The molecule has 3 N–H and O–H groups in total. The third kappa shape index (κ3) is 6.51. The number of hydrogen-bond acceptors (Lipinski definition) is 5. The van der Waals surface area contributed by atoms with E-state index in [1.165, 1.54) is 0 Å². The molecule has 2 atom stereocenters. The number of rotatable bonds is 5. The number of nitrogens with zero attached hydrogens (tertiary/aromatic N) is 2. The molecular weight excluding hydrogens is 432 g/mol. The largest absolute Gasteiger partial charge is 0.444 e. The summed E-state index contributed by atoms with van der Waals surface area (Å²) in [5.74, 6) is 2.17. The Morgan fingerprint density at radius 2 is 1.79 bits per heavy atom. The molecule has 0 aromatic heterocycles. The SMILES string of the molecule is C#Cc1ccc(CNC(=O)C2CCCN2C(=O)C(N)C2CCN(C(=O)OC(C)(C)C)CC2)cc1. The van der Waals surface area contributed by atoms with Crippen LogP contribution in [0, 0.1) is 18.3 Å². The molecule has 0 radical (unpaired) electrons. The molecule has 8 nitrogen and oxygen atoms in total. The van der Waals surface area contributed by atoms with Gasteiger partial charge < -0.3 is 25.6 Å². The first-order valence-corrected chi connectivity index (χ1v) is 12.0. The Morgan fingerprint density at radius 3 is 2.38 bits per heavy atom. The van der Waals surface area contributed by atoms with E-state index in [-0.39, 0.29) is 23.8 Å². The Hall–Kier alpha value is -3.05. The normalized spacial score (nSPS) is 19.9. The first-order valence-electron chi connectivity index (χ1n) is 12.0. The zero-order valence-corrected chi connectivity index (χ0v) is 20.4. The van der Waals surface area contributed by atoms with Crippen LogP contribution in [0.2, 0.25) is 0 Å². The van der Waals surface area contributed by atoms with Crippen LogP contribution in [0.4, 0.5) is 4.79 Å². The quantitative estimate of drug-likeness (QED) is 0.645. The van der Waals surface area contributed by atoms with E-state index in [2.05, 4.69) is 11.2 Å². The summed E-state index contributed by atoms with van der Waals surface area (Å²) >= 11 is 0. The van der Waals surface area contributed by atoms with Gasteiger partial charge in [0.15, 0.2) is 0 Å². The highest BCUT2D eigenvalue weighted by Gasteiger charge is 2.39. The fourth-order valence-corrected chi connectivity index (χ4v) is 4.49. The van der Waals surface area contributed by atoms with E-state index in [9.17, 15) is 14.4 Å². The van der Waals surface area contributed by atoms with Crippen molar-refractivity contribution in [1.29, 1.82) is 0 Å². The number of piperidine rings is 1. The van der Waals surface area contributed by atoms with Crippen LogP contribution in [0.25, 0.3) is 0 Å². The summed E-state index contributed by atoms with van der Waals surface area (Å²) in [7, 11) is 0. The minimum absolute atomic E-state index is 0.0369. The van der Waals surface area contributed by atoms with Gasteiger partial charge in [0.1, 0.15) is 11.6 Å². The molecule has 3 amide bonds. The third-order valence-electron chi connectivity index (χ3n) is 6.41. The second-order valence-electron chi connectivity index (χ2n) is 10.1. The Kier molecular flexibility index (Phi) is 8.21. The van der Waals surface area contributed by atoms with E-state index in [4.69, 9.17) is 16.9 Å². The monoisotopic (exact) mass is 468 g/mol. The molecule has 0 spiro atoms. The van der Waals surface area contributed by atoms with Crippen molar-refractivity contribution in [1.82, 2.24) is 15.1 Å². The third-order valence-corrected chi connectivity index (χ3v) is 6.41. The van der Waals surface area contributed by atoms with Gasteiger partial charge in [0.2, 0.25) is 11.8 Å². The summed E-state index contributed by atoms with van der Waals surface area (Å²) in [6.45, 7) is 7.42. The van der Waals surface area contributed by atoms with Crippen molar-refractivity contribution in [3.8, 4) is 12.3 Å². The summed E-state index contributed by atoms with van der Waals surface area (Å²) in [5, 5.41) is 2.94. The van der Waals surface area contributed by atoms with Gasteiger partial charge in [-0.25, -0.2) is 4.79 Å². The van der Waals surface area contributed by atoms with Crippen LogP contribution in [0.15, 0.2) is 24.3 Å². The highest BCUT2D eigenvalue weighted by atomic mass is 16.6. The summed E-state index contributed by atoms with van der Waals surface area (Å²) < 4.78 is 5.44. The van der Waals surface area contributed by atoms with Gasteiger partial charge in [-0.15, -0.1) is 6.42 Å². The number of terminal acetylenes is 1. The van der Waals surface area contributed by atoms with E-state index >= 15 is 0 Å². The van der Waals surface area contributed by atoms with Crippen molar-refractivity contribution in [2.24, 2.45) is 11.7 Å². The molecule has 184 valence electrons. The van der Waals surface area contributed by atoms with Crippen LogP contribution in [0.5, 0.6) is 0 Å². The maximum Gasteiger partial charge on any atom is 0.410 e. The molecule has 0 saturated carbocycles. The van der Waals surface area contributed by atoms with E-state index in [1.54, 1.807) is 9.80 Å². The molecule has 34 heavy (non-hydrogen) atoms. The minimum atomic E-state index is -0.689. The van der Waals surface area contributed by atoms with Crippen molar-refractivity contribution in [3.05, 3.63) is 35.4 Å². The molecule has 0 bridgehead atoms. The van der Waals surface area contributed by atoms with Crippen LogP contribution in [-0.2, 0) is 20.9 Å². The van der Waals surface area contributed by atoms with E-state index in [1.807, 2.05) is 45.0 Å². The number of carbonyl (C=O) groups is 3. The lowest BCUT2D eigenvalue weighted by Crippen LogP contribution is -2.55. The molecule has 1 aromatic carbocycles. The molecule has 2 saturated heterocycles. The van der Waals surface area contributed by atoms with Gasteiger partial charge >= 0.3 is 6.09 Å². The lowest BCUT2D eigenvalue weighted by atomic mass is 9.89. The van der Waals surface area contributed by atoms with E-state index in [0.717, 1.165) is 17.5 Å². The van der Waals surface area contributed by atoms with Crippen molar-refractivity contribution >= 4 is 17.9 Å². The molecule has 2 unspecified atom stereocenters. The summed E-state index contributed by atoms with van der Waals surface area (Å²) in [6, 6.07) is 6.23. The van der Waals surface area contributed by atoms with Crippen LogP contribution in [0.1, 0.15) is 57.6 Å². The molecule has 8 heteroatoms. The summed E-state index contributed by atoms with van der Waals surface area (Å²) in [5.41, 5.74) is 7.56. The van der Waals surface area contributed by atoms with E-state index in [0.29, 0.717) is 45.4 Å². The summed E-state index contributed by atoms with van der Waals surface area (Å²) in [6.07, 6.45) is 7.69. The Balaban J connectivity index is 1.51. The van der Waals surface area contributed by atoms with Crippen molar-refractivity contribution in [2.45, 2.75) is 70.7 Å². The average molecular weight is 469 g/mol. The fourth-order valence-electron chi connectivity index (χ4n) is 4.49. The van der Waals surface area contributed by atoms with E-state index < -0.39 is 17.7 Å². The van der Waals surface area contributed by atoms with Gasteiger partial charge in [0.25, 0.3) is 0 Å². The second-order valence-corrected chi connectivity index (χ2v) is 10.1. The average Bonchev–Trinajstić information content (AvgIpc) is 3.31. The van der Waals surface area contributed by atoms with Gasteiger partial charge in [0.05, 0.1) is 6.04 Å². The molecule has 2 fully saturated rings. The zero-order chi connectivity index (χ0) is 24.9. The molecule has 3 rings (SSSR count). The molecular formula is C26H36N4O4. The molecule has 2 heterocycles. The van der Waals surface area contributed by atoms with Gasteiger partial charge in [-0.05, 0) is 70.1 Å². The van der Waals surface area contributed by atoms with Crippen LogP contribution in [0.3, 0.4) is 0 Å². The van der Waals surface area contributed by atoms with Crippen LogP contribution < -0.4 is 11.1 Å². The molecule has 0 aliphatic carbocycles. The number of nitrogens with one attached hydrogen (secondary N) is 1. The maximum absolute atomic E-state index is 13.2. The number of hydrogen-bond donors (Lipinski definition) is 2. The highest BCUT2D eigenvalue weighted by Crippen LogP contribution is 2.25. The minimum Gasteiger partial charge on any atom is -0.444 e. The first kappa shape index (κ1) is 25.6. The Morgan fingerprint density at radius 1 is 1.15 bits per heavy atom. The topological polar surface area (TPSA) is 105 Å². The number of likely N-dealkylation sites (tertiary alicyclic amines) is 2. The molecule has 2 aliphatic heterocycles. The van der Waals surface area contributed by atoms with Crippen molar-refractivity contribution in [3.63, 3.8) is 0 Å². The zero-order valence-electron chi connectivity index (χ0n) is 20.4. The molecule has 1 aromatic rings. The van der Waals surface area contributed by atoms with Crippen molar-refractivity contribution < 1.29 is 19.1 Å². The van der Waals surface area contributed by atoms with Gasteiger partial charge in [-0.3, -0.25) is 9.59 Å². The lowest BCUT2D eigenvalue weighted by Gasteiger charge is -2.36. The number of amides is 3. The fraction of sp³-hybridized carbons (Fsp3) is 0.577. The molecule has 2 aliphatic rings. The number of ether oxygens (including phenoxy) is 1. The van der Waals surface area contributed by atoms with Crippen LogP contribution >= 0.6 is 0 Å². The van der Waals surface area contributed by atoms with Gasteiger partial charge in [-0.1, -0.05) is 18.1 Å². The van der Waals surface area contributed by atoms with Crippen molar-refractivity contribution in [2.75, 3.05) is 19.6 Å². The maximum atomic E-state index is 13.2. The smallest absolute Gasteiger partial charge is 0.410 e. The lowest BCUT2D eigenvalue weighted by molar-refractivity contribution is -0.140. The number of nitrogens with two attached hydrogens (primary N) is 1.